The molecule has 0 atom stereocenters. The lowest BCUT2D eigenvalue weighted by atomic mass is 10.3. The molecule has 0 amide bonds. The van der Waals surface area contributed by atoms with Crippen molar-refractivity contribution in [2.75, 3.05) is 12.4 Å². The second kappa shape index (κ2) is 5.79. The van der Waals surface area contributed by atoms with E-state index in [4.69, 9.17) is 16.9 Å². The Labute approximate surface area is 98.1 Å². The Kier molecular flexibility index (Phi) is 4.37. The van der Waals surface area contributed by atoms with E-state index in [1.54, 1.807) is 30.3 Å². The summed E-state index contributed by atoms with van der Waals surface area (Å²) in [4.78, 5) is 11.0. The molecule has 1 aromatic rings. The smallest absolute Gasteiger partial charge is 0.350 e. The lowest BCUT2D eigenvalue weighted by Crippen LogP contribution is -2.05. The summed E-state index contributed by atoms with van der Waals surface area (Å²) in [6.07, 6.45) is 1.29. The number of hydrogen-bond donors (Lipinski definition) is 1. The van der Waals surface area contributed by atoms with Crippen LogP contribution in [0.2, 0.25) is 5.02 Å². The summed E-state index contributed by atoms with van der Waals surface area (Å²) in [6.45, 7) is 0. The molecule has 0 aromatic heterocycles. The zero-order valence-corrected chi connectivity index (χ0v) is 9.28. The molecule has 0 saturated carbocycles. The van der Waals surface area contributed by atoms with Crippen LogP contribution in [-0.4, -0.2) is 13.1 Å². The van der Waals surface area contributed by atoms with E-state index in [0.29, 0.717) is 5.02 Å². The lowest BCUT2D eigenvalue weighted by Gasteiger charge is -2.01. The van der Waals surface area contributed by atoms with Crippen LogP contribution < -0.4 is 5.32 Å². The molecule has 4 nitrogen and oxygen atoms in total. The predicted molar refractivity (Wildman–Crippen MR) is 60.8 cm³/mol. The van der Waals surface area contributed by atoms with Gasteiger partial charge in [0.2, 0.25) is 0 Å². The summed E-state index contributed by atoms with van der Waals surface area (Å²) >= 11 is 5.70. The first-order chi connectivity index (χ1) is 7.67. The summed E-state index contributed by atoms with van der Waals surface area (Å²) in [5, 5.41) is 12.1. The van der Waals surface area contributed by atoms with Crippen LogP contribution >= 0.6 is 11.6 Å². The third-order valence-corrected chi connectivity index (χ3v) is 2.01. The first-order valence-electron chi connectivity index (χ1n) is 4.38. The number of anilines is 1. The van der Waals surface area contributed by atoms with Crippen LogP contribution in [-0.2, 0) is 9.53 Å². The molecule has 0 saturated heterocycles. The van der Waals surface area contributed by atoms with Crippen LogP contribution in [0.25, 0.3) is 0 Å². The van der Waals surface area contributed by atoms with Crippen molar-refractivity contribution in [3.63, 3.8) is 0 Å². The number of nitrogens with one attached hydrogen (secondary N) is 1. The number of hydrogen-bond acceptors (Lipinski definition) is 4. The third-order valence-electron chi connectivity index (χ3n) is 1.75. The Balaban J connectivity index is 2.75. The summed E-state index contributed by atoms with van der Waals surface area (Å²) < 4.78 is 4.42. The molecule has 1 aromatic carbocycles. The number of nitrogens with zero attached hydrogens (tertiary/aromatic N) is 1. The Morgan fingerprint density at radius 2 is 2.12 bits per heavy atom. The molecule has 0 aliphatic carbocycles. The number of nitriles is 1. The standard InChI is InChI=1S/C11H9ClN2O2/c1-16-11(15)8(6-13)7-14-10-4-2-9(12)3-5-10/h2-5,7,14H,1H3/b8-7-. The maximum atomic E-state index is 11.0. The molecule has 0 radical (unpaired) electrons. The van der Waals surface area contributed by atoms with E-state index in [-0.39, 0.29) is 5.57 Å². The fourth-order valence-corrected chi connectivity index (χ4v) is 1.07. The number of carbonyl (C=O) groups is 1. The molecule has 82 valence electrons. The molecule has 0 aliphatic heterocycles. The molecule has 16 heavy (non-hydrogen) atoms. The van der Waals surface area contributed by atoms with Gasteiger partial charge in [0.1, 0.15) is 6.07 Å². The normalized spacial score (nSPS) is 10.4. The largest absolute Gasteiger partial charge is 0.465 e. The number of halogens is 1. The monoisotopic (exact) mass is 236 g/mol. The van der Waals surface area contributed by atoms with Crippen LogP contribution in [0.15, 0.2) is 36.0 Å². The molecular weight excluding hydrogens is 228 g/mol. The number of ether oxygens (including phenoxy) is 1. The van der Waals surface area contributed by atoms with Crippen molar-refractivity contribution < 1.29 is 9.53 Å². The van der Waals surface area contributed by atoms with Gasteiger partial charge in [-0.2, -0.15) is 5.26 Å². The Morgan fingerprint density at radius 3 is 2.62 bits per heavy atom. The van der Waals surface area contributed by atoms with Crippen molar-refractivity contribution in [2.24, 2.45) is 0 Å². The number of carbonyl (C=O) groups excluding carboxylic acids is 1. The third kappa shape index (κ3) is 3.30. The van der Waals surface area contributed by atoms with Gasteiger partial charge in [-0.1, -0.05) is 11.6 Å². The van der Waals surface area contributed by atoms with Crippen molar-refractivity contribution in [3.8, 4) is 6.07 Å². The molecular formula is C11H9ClN2O2. The van der Waals surface area contributed by atoms with Gasteiger partial charge in [-0.25, -0.2) is 4.79 Å². The van der Waals surface area contributed by atoms with Gasteiger partial charge in [0.05, 0.1) is 7.11 Å². The molecule has 0 bridgehead atoms. The highest BCUT2D eigenvalue weighted by molar-refractivity contribution is 6.30. The van der Waals surface area contributed by atoms with Crippen LogP contribution in [0.1, 0.15) is 0 Å². The maximum absolute atomic E-state index is 11.0. The molecule has 0 fully saturated rings. The highest BCUT2D eigenvalue weighted by Gasteiger charge is 2.07. The molecule has 5 heteroatoms. The van der Waals surface area contributed by atoms with E-state index in [0.717, 1.165) is 5.69 Å². The van der Waals surface area contributed by atoms with Gasteiger partial charge < -0.3 is 10.1 Å². The SMILES string of the molecule is COC(=O)/C(C#N)=C\Nc1ccc(Cl)cc1. The van der Waals surface area contributed by atoms with Gasteiger partial charge in [0.15, 0.2) is 5.57 Å². The van der Waals surface area contributed by atoms with E-state index in [1.165, 1.54) is 13.3 Å². The van der Waals surface area contributed by atoms with Crippen molar-refractivity contribution in [3.05, 3.63) is 41.1 Å². The van der Waals surface area contributed by atoms with Crippen LogP contribution in [0, 0.1) is 11.3 Å². The van der Waals surface area contributed by atoms with E-state index < -0.39 is 5.97 Å². The summed E-state index contributed by atoms with van der Waals surface area (Å²) in [5.74, 6) is -0.677. The molecule has 1 N–H and O–H groups in total. The van der Waals surface area contributed by atoms with E-state index in [1.807, 2.05) is 0 Å². The molecule has 0 spiro atoms. The summed E-state index contributed by atoms with van der Waals surface area (Å²) in [6, 6.07) is 8.58. The molecule has 1 rings (SSSR count). The van der Waals surface area contributed by atoms with Crippen LogP contribution in [0.5, 0.6) is 0 Å². The zero-order valence-electron chi connectivity index (χ0n) is 8.53. The first-order valence-corrected chi connectivity index (χ1v) is 4.76. The van der Waals surface area contributed by atoms with E-state index in [2.05, 4.69) is 10.1 Å². The van der Waals surface area contributed by atoms with Crippen LogP contribution in [0.3, 0.4) is 0 Å². The topological polar surface area (TPSA) is 62.1 Å². The molecule has 0 heterocycles. The van der Waals surface area contributed by atoms with Gasteiger partial charge in [0.25, 0.3) is 0 Å². The number of rotatable bonds is 3. The predicted octanol–water partition coefficient (Wildman–Crippen LogP) is 2.33. The van der Waals surface area contributed by atoms with Gasteiger partial charge in [0, 0.05) is 16.9 Å². The Bertz CT molecular complexity index is 446. The zero-order chi connectivity index (χ0) is 12.0. The fraction of sp³-hybridized carbons (Fsp3) is 0.0909. The number of methoxy groups -OCH3 is 1. The van der Waals surface area contributed by atoms with Crippen LogP contribution in [0.4, 0.5) is 5.69 Å². The number of esters is 1. The average Bonchev–Trinajstić information content (AvgIpc) is 2.31. The minimum Gasteiger partial charge on any atom is -0.465 e. The Morgan fingerprint density at radius 1 is 1.50 bits per heavy atom. The van der Waals surface area contributed by atoms with Gasteiger partial charge in [-0.3, -0.25) is 0 Å². The van der Waals surface area contributed by atoms with Gasteiger partial charge in [-0.15, -0.1) is 0 Å². The molecule has 0 unspecified atom stereocenters. The van der Waals surface area contributed by atoms with E-state index in [9.17, 15) is 4.79 Å². The van der Waals surface area contributed by atoms with E-state index >= 15 is 0 Å². The highest BCUT2D eigenvalue weighted by Crippen LogP contribution is 2.13. The highest BCUT2D eigenvalue weighted by atomic mass is 35.5. The fourth-order valence-electron chi connectivity index (χ4n) is 0.948. The minimum absolute atomic E-state index is 0.0996. The maximum Gasteiger partial charge on any atom is 0.350 e. The second-order valence-electron chi connectivity index (χ2n) is 2.81. The lowest BCUT2D eigenvalue weighted by molar-refractivity contribution is -0.135. The molecule has 0 aliphatic rings. The number of benzene rings is 1. The van der Waals surface area contributed by atoms with Crippen molar-refractivity contribution in [1.82, 2.24) is 0 Å². The van der Waals surface area contributed by atoms with Gasteiger partial charge in [-0.05, 0) is 24.3 Å². The minimum atomic E-state index is -0.677. The van der Waals surface area contributed by atoms with Crippen molar-refractivity contribution >= 4 is 23.3 Å². The summed E-state index contributed by atoms with van der Waals surface area (Å²) in [5.41, 5.74) is 0.624. The average molecular weight is 237 g/mol. The van der Waals surface area contributed by atoms with Crippen molar-refractivity contribution in [1.29, 1.82) is 5.26 Å². The first kappa shape index (κ1) is 12.1. The van der Waals surface area contributed by atoms with Gasteiger partial charge >= 0.3 is 5.97 Å². The Hall–Kier alpha value is -1.99. The summed E-state index contributed by atoms with van der Waals surface area (Å²) in [7, 11) is 1.22. The second-order valence-corrected chi connectivity index (χ2v) is 3.25. The quantitative estimate of drug-likeness (QED) is 0.497. The van der Waals surface area contributed by atoms with Crippen molar-refractivity contribution in [2.45, 2.75) is 0 Å².